The molecule has 170 valence electrons. The Hall–Kier alpha value is -2.97. The number of aromatic nitrogens is 2. The second-order valence-electron chi connectivity index (χ2n) is 8.75. The molecule has 3 aromatic rings. The summed E-state index contributed by atoms with van der Waals surface area (Å²) in [5, 5.41) is 16.6. The molecule has 1 fully saturated rings. The number of carbonyl (C=O) groups is 2. The van der Waals surface area contributed by atoms with Crippen molar-refractivity contribution in [3.8, 4) is 5.75 Å². The van der Waals surface area contributed by atoms with Crippen molar-refractivity contribution in [3.05, 3.63) is 82.1 Å². The number of hydrogen-bond acceptors (Lipinski definition) is 6. The lowest BCUT2D eigenvalue weighted by molar-refractivity contribution is -0.163. The summed E-state index contributed by atoms with van der Waals surface area (Å²) in [6.45, 7) is 3.86. The van der Waals surface area contributed by atoms with Crippen molar-refractivity contribution in [2.45, 2.75) is 37.0 Å². The lowest BCUT2D eigenvalue weighted by Gasteiger charge is -2.37. The molecular formula is C25H23BrN2O5. The third-order valence-electron chi connectivity index (χ3n) is 6.65. The zero-order valence-electron chi connectivity index (χ0n) is 18.4. The van der Waals surface area contributed by atoms with Gasteiger partial charge in [-0.3, -0.25) is 14.3 Å². The number of halogens is 1. The first-order valence-electron chi connectivity index (χ1n) is 10.7. The van der Waals surface area contributed by atoms with Gasteiger partial charge in [0.25, 0.3) is 0 Å². The van der Waals surface area contributed by atoms with Crippen LogP contribution in [0.5, 0.6) is 5.75 Å². The molecule has 1 N–H and O–H groups in total. The number of nitrogens with zero attached hydrogens (tertiary/aromatic N) is 2. The zero-order chi connectivity index (χ0) is 23.5. The Morgan fingerprint density at radius 1 is 1.18 bits per heavy atom. The molecule has 1 aromatic heterocycles. The van der Waals surface area contributed by atoms with Gasteiger partial charge in [-0.1, -0.05) is 58.4 Å². The van der Waals surface area contributed by atoms with Crippen molar-refractivity contribution in [1.82, 2.24) is 9.78 Å². The van der Waals surface area contributed by atoms with E-state index in [1.54, 1.807) is 35.1 Å². The van der Waals surface area contributed by atoms with E-state index in [1.165, 1.54) is 7.11 Å². The third kappa shape index (κ3) is 2.87. The Labute approximate surface area is 199 Å². The highest BCUT2D eigenvalue weighted by Crippen LogP contribution is 2.64. The topological polar surface area (TPSA) is 90.7 Å². The number of benzene rings is 2. The van der Waals surface area contributed by atoms with E-state index < -0.39 is 34.8 Å². The molecule has 5 rings (SSSR count). The van der Waals surface area contributed by atoms with Crippen molar-refractivity contribution < 1.29 is 24.2 Å². The van der Waals surface area contributed by atoms with E-state index in [0.29, 0.717) is 11.1 Å². The van der Waals surface area contributed by atoms with Crippen molar-refractivity contribution in [3.63, 3.8) is 0 Å². The maximum atomic E-state index is 14.2. The largest absolute Gasteiger partial charge is 0.470 e. The molecule has 2 heterocycles. The second-order valence-corrected chi connectivity index (χ2v) is 9.66. The third-order valence-corrected chi connectivity index (χ3v) is 7.18. The Morgan fingerprint density at radius 3 is 2.45 bits per heavy atom. The minimum Gasteiger partial charge on any atom is -0.470 e. The maximum Gasteiger partial charge on any atom is 0.313 e. The molecule has 2 aliphatic rings. The first-order valence-corrected chi connectivity index (χ1v) is 11.5. The van der Waals surface area contributed by atoms with E-state index in [2.05, 4.69) is 21.0 Å². The predicted molar refractivity (Wildman–Crippen MR) is 123 cm³/mol. The highest BCUT2D eigenvalue weighted by molar-refractivity contribution is 9.10. The van der Waals surface area contributed by atoms with Crippen molar-refractivity contribution in [2.75, 3.05) is 7.11 Å². The lowest BCUT2D eigenvalue weighted by atomic mass is 9.75. The zero-order valence-corrected chi connectivity index (χ0v) is 19.9. The van der Waals surface area contributed by atoms with Gasteiger partial charge in [-0.25, -0.2) is 0 Å². The molecule has 0 amide bonds. The van der Waals surface area contributed by atoms with Crippen LogP contribution in [-0.4, -0.2) is 33.7 Å². The predicted octanol–water partition coefficient (Wildman–Crippen LogP) is 3.86. The number of hydrogen-bond donors (Lipinski definition) is 1. The van der Waals surface area contributed by atoms with Crippen molar-refractivity contribution in [1.29, 1.82) is 0 Å². The number of fused-ring (bicyclic) bond motifs is 4. The smallest absolute Gasteiger partial charge is 0.313 e. The van der Waals surface area contributed by atoms with Gasteiger partial charge in [0.1, 0.15) is 11.6 Å². The normalized spacial score (nSPS) is 27.9. The van der Waals surface area contributed by atoms with Crippen LogP contribution in [0.1, 0.15) is 42.6 Å². The lowest BCUT2D eigenvalue weighted by Crippen LogP contribution is -2.51. The molecule has 4 atom stereocenters. The van der Waals surface area contributed by atoms with Crippen molar-refractivity contribution in [2.24, 2.45) is 5.92 Å². The van der Waals surface area contributed by atoms with E-state index >= 15 is 0 Å². The van der Waals surface area contributed by atoms with E-state index in [-0.39, 0.29) is 17.5 Å². The minimum atomic E-state index is -2.21. The summed E-state index contributed by atoms with van der Waals surface area (Å²) in [6, 6.07) is 16.3. The second kappa shape index (κ2) is 7.53. The van der Waals surface area contributed by atoms with Crippen LogP contribution in [-0.2, 0) is 25.5 Å². The van der Waals surface area contributed by atoms with Gasteiger partial charge < -0.3 is 14.6 Å². The van der Waals surface area contributed by atoms with Gasteiger partial charge >= 0.3 is 5.97 Å². The number of Topliss-reactive ketones (excluding diaryl/α,β-unsaturated/α-hetero) is 1. The van der Waals surface area contributed by atoms with E-state index in [4.69, 9.17) is 9.47 Å². The first kappa shape index (κ1) is 21.9. The van der Waals surface area contributed by atoms with Gasteiger partial charge in [0.2, 0.25) is 11.4 Å². The average molecular weight is 511 g/mol. The Morgan fingerprint density at radius 2 is 1.85 bits per heavy atom. The van der Waals surface area contributed by atoms with Gasteiger partial charge in [0.15, 0.2) is 11.4 Å². The molecule has 1 aliphatic heterocycles. The average Bonchev–Trinajstić information content (AvgIpc) is 3.30. The maximum absolute atomic E-state index is 14.2. The molecule has 0 radical (unpaired) electrons. The summed E-state index contributed by atoms with van der Waals surface area (Å²) in [7, 11) is 1.25. The summed E-state index contributed by atoms with van der Waals surface area (Å²) < 4.78 is 14.1. The van der Waals surface area contributed by atoms with Crippen LogP contribution in [0, 0.1) is 5.92 Å². The molecule has 8 heteroatoms. The van der Waals surface area contributed by atoms with Gasteiger partial charge in [-0.2, -0.15) is 5.10 Å². The number of aliphatic hydroxyl groups is 1. The molecule has 1 aliphatic carbocycles. The highest BCUT2D eigenvalue weighted by Gasteiger charge is 2.77. The fourth-order valence-corrected chi connectivity index (χ4v) is 5.41. The Bertz CT molecular complexity index is 1240. The number of rotatable bonds is 4. The molecule has 1 saturated carbocycles. The number of esters is 1. The summed E-state index contributed by atoms with van der Waals surface area (Å²) in [5.41, 5.74) is -2.59. The van der Waals surface area contributed by atoms with Crippen LogP contribution in [0.4, 0.5) is 0 Å². The summed E-state index contributed by atoms with van der Waals surface area (Å²) in [4.78, 5) is 27.5. The summed E-state index contributed by atoms with van der Waals surface area (Å²) >= 11 is 3.43. The number of ketones is 1. The van der Waals surface area contributed by atoms with Crippen LogP contribution in [0.25, 0.3) is 0 Å². The van der Waals surface area contributed by atoms with Crippen molar-refractivity contribution >= 4 is 27.7 Å². The van der Waals surface area contributed by atoms with Crippen LogP contribution in [0.2, 0.25) is 0 Å². The van der Waals surface area contributed by atoms with Gasteiger partial charge in [0, 0.05) is 16.1 Å². The quantitative estimate of drug-likeness (QED) is 0.536. The van der Waals surface area contributed by atoms with Gasteiger partial charge in [-0.15, -0.1) is 0 Å². The monoisotopic (exact) mass is 510 g/mol. The van der Waals surface area contributed by atoms with E-state index in [0.717, 1.165) is 4.47 Å². The molecule has 0 spiro atoms. The first-order chi connectivity index (χ1) is 15.7. The fraction of sp³-hybridized carbons (Fsp3) is 0.320. The minimum absolute atomic E-state index is 0.0402. The molecule has 7 nitrogen and oxygen atoms in total. The highest BCUT2D eigenvalue weighted by atomic mass is 79.9. The SMILES string of the molecule is COC(=O)C1C(c2ccccc2)C2(c3ccc(Br)cc3)Oc3cn(C(C)C)nc3[C@@]1(O)C2=O. The molecule has 0 saturated heterocycles. The van der Waals surface area contributed by atoms with Crippen LogP contribution >= 0.6 is 15.9 Å². The summed E-state index contributed by atoms with van der Waals surface area (Å²) in [6.07, 6.45) is 1.67. The molecule has 33 heavy (non-hydrogen) atoms. The van der Waals surface area contributed by atoms with E-state index in [1.807, 2.05) is 44.2 Å². The van der Waals surface area contributed by atoms with Crippen LogP contribution in [0.3, 0.4) is 0 Å². The fourth-order valence-electron chi connectivity index (χ4n) is 5.15. The molecule has 2 aromatic carbocycles. The Balaban J connectivity index is 1.86. The van der Waals surface area contributed by atoms with E-state index in [9.17, 15) is 14.7 Å². The standard InChI is InChI=1S/C25H23BrN2O5/c1-14(2)28-13-18-21(27-28)24(31)20(22(29)32-3)19(15-7-5-4-6-8-15)25(33-18,23(24)30)16-9-11-17(26)12-10-16/h4-14,19-20,31H,1-3H3/t19?,20?,24-,25?/m1/s1. The number of carbonyl (C=O) groups excluding carboxylic acids is 2. The molecule has 2 bridgehead atoms. The number of methoxy groups -OCH3 is 1. The van der Waals surface area contributed by atoms with Crippen LogP contribution in [0.15, 0.2) is 65.3 Å². The Kier molecular flexibility index (Phi) is 4.99. The molecular weight excluding hydrogens is 488 g/mol. The molecule has 3 unspecified atom stereocenters. The summed E-state index contributed by atoms with van der Waals surface area (Å²) in [5.74, 6) is -3.14. The number of ether oxygens (including phenoxy) is 2. The van der Waals surface area contributed by atoms with Crippen LogP contribution < -0.4 is 4.74 Å². The van der Waals surface area contributed by atoms with Gasteiger partial charge in [0.05, 0.1) is 19.2 Å². The van der Waals surface area contributed by atoms with Gasteiger partial charge in [-0.05, 0) is 31.5 Å².